The van der Waals surface area contributed by atoms with Crippen LogP contribution in [0.15, 0.2) is 11.6 Å². The quantitative estimate of drug-likeness (QED) is 0.215. The maximum atomic E-state index is 3.50. The Morgan fingerprint density at radius 3 is 2.12 bits per heavy atom. The van der Waals surface area contributed by atoms with Crippen LogP contribution in [-0.2, 0) is 0 Å². The minimum atomic E-state index is 1.17. The molecule has 0 aromatic carbocycles. The fourth-order valence-electron chi connectivity index (χ4n) is 2.04. The van der Waals surface area contributed by atoms with Crippen LogP contribution in [0.5, 0.6) is 0 Å². The molecule has 0 saturated carbocycles. The maximum absolute atomic E-state index is 3.50. The summed E-state index contributed by atoms with van der Waals surface area (Å²) >= 11 is 3.50. The van der Waals surface area contributed by atoms with Gasteiger partial charge >= 0.3 is 0 Å². The third kappa shape index (κ3) is 12.5. The molecule has 0 saturated heterocycles. The topological polar surface area (TPSA) is 0 Å². The van der Waals surface area contributed by atoms with Gasteiger partial charge in [-0.1, -0.05) is 73.5 Å². The van der Waals surface area contributed by atoms with Crippen molar-refractivity contribution in [3.8, 4) is 0 Å². The number of allylic oxidation sites excluding steroid dienone is 2. The Hall–Kier alpha value is 0.220. The van der Waals surface area contributed by atoms with Crippen LogP contribution in [0, 0.1) is 0 Å². The molecule has 0 heterocycles. The molecule has 0 rings (SSSR count). The van der Waals surface area contributed by atoms with Crippen LogP contribution in [0.4, 0.5) is 0 Å². The Kier molecular flexibility index (Phi) is 14.5. The number of hydrogen-bond acceptors (Lipinski definition) is 0. The van der Waals surface area contributed by atoms with E-state index in [2.05, 4.69) is 35.9 Å². The van der Waals surface area contributed by atoms with Gasteiger partial charge in [0, 0.05) is 5.33 Å². The second-order valence-electron chi connectivity index (χ2n) is 4.96. The highest BCUT2D eigenvalue weighted by molar-refractivity contribution is 9.09. The van der Waals surface area contributed by atoms with E-state index in [1.165, 1.54) is 76.0 Å². The van der Waals surface area contributed by atoms with Crippen molar-refractivity contribution in [1.82, 2.24) is 0 Å². The minimum Gasteiger partial charge on any atom is -0.0928 e. The van der Waals surface area contributed by atoms with Crippen LogP contribution < -0.4 is 0 Å². The Balaban J connectivity index is 3.72. The summed E-state index contributed by atoms with van der Waals surface area (Å²) < 4.78 is 0. The lowest BCUT2D eigenvalue weighted by atomic mass is 10.00. The van der Waals surface area contributed by atoms with E-state index >= 15 is 0 Å². The van der Waals surface area contributed by atoms with Gasteiger partial charge in [-0.3, -0.25) is 0 Å². The molecule has 1 heteroatoms. The molecule has 0 aliphatic heterocycles. The lowest BCUT2D eigenvalue weighted by molar-refractivity contribution is 0.645. The summed E-state index contributed by atoms with van der Waals surface area (Å²) in [7, 11) is 0. The molecule has 0 aliphatic rings. The van der Waals surface area contributed by atoms with Gasteiger partial charge in [0.1, 0.15) is 0 Å². The normalized spacial score (nSPS) is 12.1. The number of unbranched alkanes of at least 4 members (excludes halogenated alkanes) is 6. The zero-order valence-electron chi connectivity index (χ0n) is 11.9. The van der Waals surface area contributed by atoms with Crippen molar-refractivity contribution in [2.45, 2.75) is 84.5 Å². The van der Waals surface area contributed by atoms with Gasteiger partial charge in [0.05, 0.1) is 0 Å². The van der Waals surface area contributed by atoms with Gasteiger partial charge in [-0.2, -0.15) is 0 Å². The molecular weight excluding hydrogens is 272 g/mol. The molecule has 0 aromatic rings. The van der Waals surface area contributed by atoms with E-state index in [9.17, 15) is 0 Å². The van der Waals surface area contributed by atoms with Crippen molar-refractivity contribution >= 4 is 15.9 Å². The van der Waals surface area contributed by atoms with E-state index in [4.69, 9.17) is 0 Å². The second kappa shape index (κ2) is 14.3. The Labute approximate surface area is 117 Å². The standard InChI is InChI=1S/C16H31Br/c1-3-5-9-13-16(12-6-4-2)14-10-7-8-11-15-17/h13H,3-12,14-15H2,1-2H3/b16-13+. The van der Waals surface area contributed by atoms with E-state index in [0.29, 0.717) is 0 Å². The molecule has 0 unspecified atom stereocenters. The molecule has 17 heavy (non-hydrogen) atoms. The summed E-state index contributed by atoms with van der Waals surface area (Å²) in [6.45, 7) is 4.57. The molecule has 0 N–H and O–H groups in total. The smallest absolute Gasteiger partial charge is 0.00313 e. The lowest BCUT2D eigenvalue weighted by Crippen LogP contribution is -1.87. The molecular formula is C16H31Br. The van der Waals surface area contributed by atoms with Crippen molar-refractivity contribution in [3.63, 3.8) is 0 Å². The van der Waals surface area contributed by atoms with E-state index in [0.717, 1.165) is 0 Å². The van der Waals surface area contributed by atoms with Crippen LogP contribution in [0.1, 0.15) is 84.5 Å². The van der Waals surface area contributed by atoms with Crippen LogP contribution >= 0.6 is 15.9 Å². The zero-order valence-corrected chi connectivity index (χ0v) is 13.5. The van der Waals surface area contributed by atoms with Crippen LogP contribution in [0.3, 0.4) is 0 Å². The van der Waals surface area contributed by atoms with Crippen LogP contribution in [0.25, 0.3) is 0 Å². The van der Waals surface area contributed by atoms with E-state index in [1.807, 2.05) is 0 Å². The highest BCUT2D eigenvalue weighted by Gasteiger charge is 1.98. The van der Waals surface area contributed by atoms with Gasteiger partial charge < -0.3 is 0 Å². The van der Waals surface area contributed by atoms with Gasteiger partial charge in [-0.05, 0) is 38.5 Å². The summed E-state index contributed by atoms with van der Waals surface area (Å²) in [5.41, 5.74) is 1.74. The molecule has 0 atom stereocenters. The third-order valence-corrected chi connectivity index (χ3v) is 3.78. The van der Waals surface area contributed by atoms with Gasteiger partial charge in [-0.15, -0.1) is 0 Å². The summed E-state index contributed by atoms with van der Waals surface area (Å²) in [5.74, 6) is 0. The van der Waals surface area contributed by atoms with E-state index in [-0.39, 0.29) is 0 Å². The van der Waals surface area contributed by atoms with Crippen molar-refractivity contribution in [2.75, 3.05) is 5.33 Å². The number of rotatable bonds is 12. The monoisotopic (exact) mass is 302 g/mol. The molecule has 0 amide bonds. The second-order valence-corrected chi connectivity index (χ2v) is 5.75. The highest BCUT2D eigenvalue weighted by Crippen LogP contribution is 2.18. The molecule has 0 aliphatic carbocycles. The first kappa shape index (κ1) is 17.2. The minimum absolute atomic E-state index is 1.17. The van der Waals surface area contributed by atoms with Crippen LogP contribution in [0.2, 0.25) is 0 Å². The number of halogens is 1. The van der Waals surface area contributed by atoms with Gasteiger partial charge in [-0.25, -0.2) is 0 Å². The van der Waals surface area contributed by atoms with Crippen molar-refractivity contribution in [3.05, 3.63) is 11.6 Å². The first-order valence-corrected chi connectivity index (χ1v) is 8.71. The van der Waals surface area contributed by atoms with Crippen molar-refractivity contribution in [1.29, 1.82) is 0 Å². The first-order valence-electron chi connectivity index (χ1n) is 7.59. The lowest BCUT2D eigenvalue weighted by Gasteiger charge is -2.07. The predicted molar refractivity (Wildman–Crippen MR) is 84.0 cm³/mol. The summed E-state index contributed by atoms with van der Waals surface area (Å²) in [6, 6.07) is 0. The molecule has 0 aromatic heterocycles. The zero-order chi connectivity index (χ0) is 12.8. The molecule has 0 radical (unpaired) electrons. The Morgan fingerprint density at radius 2 is 1.47 bits per heavy atom. The largest absolute Gasteiger partial charge is 0.0928 e. The number of hydrogen-bond donors (Lipinski definition) is 0. The summed E-state index contributed by atoms with van der Waals surface area (Å²) in [6.07, 6.45) is 17.4. The first-order chi connectivity index (χ1) is 8.35. The molecule has 0 fully saturated rings. The van der Waals surface area contributed by atoms with E-state index in [1.54, 1.807) is 5.57 Å². The maximum Gasteiger partial charge on any atom is 0.00313 e. The third-order valence-electron chi connectivity index (χ3n) is 3.22. The SMILES string of the molecule is CCCC/C=C(\CCCC)CCCCCCBr. The van der Waals surface area contributed by atoms with Crippen LogP contribution in [-0.4, -0.2) is 5.33 Å². The molecule has 0 nitrogen and oxygen atoms in total. The van der Waals surface area contributed by atoms with Gasteiger partial charge in [0.15, 0.2) is 0 Å². The Morgan fingerprint density at radius 1 is 0.824 bits per heavy atom. The van der Waals surface area contributed by atoms with Gasteiger partial charge in [0.25, 0.3) is 0 Å². The van der Waals surface area contributed by atoms with Crippen molar-refractivity contribution in [2.24, 2.45) is 0 Å². The molecule has 0 bridgehead atoms. The fraction of sp³-hybridized carbons (Fsp3) is 0.875. The Bertz CT molecular complexity index is 172. The summed E-state index contributed by atoms with van der Waals surface area (Å²) in [5, 5.41) is 1.17. The molecule has 102 valence electrons. The van der Waals surface area contributed by atoms with Gasteiger partial charge in [0.2, 0.25) is 0 Å². The molecule has 0 spiro atoms. The summed E-state index contributed by atoms with van der Waals surface area (Å²) in [4.78, 5) is 0. The fourth-order valence-corrected chi connectivity index (χ4v) is 2.44. The number of alkyl halides is 1. The highest BCUT2D eigenvalue weighted by atomic mass is 79.9. The van der Waals surface area contributed by atoms with E-state index < -0.39 is 0 Å². The average Bonchev–Trinajstić information content (AvgIpc) is 2.35. The van der Waals surface area contributed by atoms with Crippen molar-refractivity contribution < 1.29 is 0 Å². The predicted octanol–water partition coefficient (Wildman–Crippen LogP) is 6.64. The average molecular weight is 303 g/mol.